The fourth-order valence-corrected chi connectivity index (χ4v) is 3.12. The molecule has 1 saturated carbocycles. The van der Waals surface area contributed by atoms with E-state index in [0.717, 1.165) is 18.6 Å². The van der Waals surface area contributed by atoms with E-state index in [2.05, 4.69) is 4.99 Å². The van der Waals surface area contributed by atoms with Crippen molar-refractivity contribution < 1.29 is 13.2 Å². The lowest BCUT2D eigenvalue weighted by Gasteiger charge is -2.28. The Bertz CT molecular complexity index is 399. The Hall–Kier alpha value is -0.800. The highest BCUT2D eigenvalue weighted by atomic mass is 19.4. The van der Waals surface area contributed by atoms with E-state index in [-0.39, 0.29) is 11.8 Å². The molecule has 1 atom stereocenters. The number of allylic oxidation sites excluding steroid dienone is 2. The van der Waals surface area contributed by atoms with E-state index < -0.39 is 12.1 Å². The van der Waals surface area contributed by atoms with E-state index in [1.54, 1.807) is 6.92 Å². The van der Waals surface area contributed by atoms with Crippen LogP contribution in [0, 0.1) is 17.8 Å². The van der Waals surface area contributed by atoms with Crippen molar-refractivity contribution in [2.45, 2.75) is 72.9 Å². The quantitative estimate of drug-likeness (QED) is 0.540. The number of nitrogens with zero attached hydrogens (tertiary/aromatic N) is 1. The molecule has 0 radical (unpaired) electrons. The number of rotatable bonds is 5. The van der Waals surface area contributed by atoms with Crippen molar-refractivity contribution in [3.05, 3.63) is 11.3 Å². The van der Waals surface area contributed by atoms with Gasteiger partial charge in [0.05, 0.1) is 5.92 Å². The molecule has 4 heteroatoms. The van der Waals surface area contributed by atoms with Crippen LogP contribution in [0.15, 0.2) is 16.3 Å². The fraction of sp³-hybridized carbons (Fsp3) is 0.824. The zero-order chi connectivity index (χ0) is 16.2. The van der Waals surface area contributed by atoms with Gasteiger partial charge in [0.1, 0.15) is 0 Å². The first kappa shape index (κ1) is 18.2. The Labute approximate surface area is 126 Å². The summed E-state index contributed by atoms with van der Waals surface area (Å²) >= 11 is 0. The molecule has 0 heterocycles. The molecule has 0 aliphatic heterocycles. The average Bonchev–Trinajstić information content (AvgIpc) is 2.87. The maximum Gasteiger partial charge on any atom is 0.395 e. The number of hydrogen-bond acceptors (Lipinski definition) is 1. The van der Waals surface area contributed by atoms with Crippen LogP contribution in [-0.4, -0.2) is 11.9 Å². The standard InChI is InChI=1S/C17H28F3N/c1-6-15(21-13(5)11(2)3)12(4)16(17(18,19)20)14-9-7-8-10-14/h11,14,16H,6-10H2,1-5H3/b15-12-,21-13?. The summed E-state index contributed by atoms with van der Waals surface area (Å²) in [5, 5.41) is 0. The van der Waals surface area contributed by atoms with E-state index in [4.69, 9.17) is 0 Å². The van der Waals surface area contributed by atoms with Gasteiger partial charge in [0, 0.05) is 11.4 Å². The third-order valence-electron chi connectivity index (χ3n) is 4.63. The number of aliphatic imine (C=N–C) groups is 1. The van der Waals surface area contributed by atoms with E-state index >= 15 is 0 Å². The second-order valence-electron chi connectivity index (χ2n) is 6.45. The molecule has 1 fully saturated rings. The van der Waals surface area contributed by atoms with Crippen molar-refractivity contribution in [2.75, 3.05) is 0 Å². The second-order valence-corrected chi connectivity index (χ2v) is 6.45. The molecule has 1 aliphatic rings. The number of halogens is 3. The lowest BCUT2D eigenvalue weighted by molar-refractivity contribution is -0.177. The van der Waals surface area contributed by atoms with Crippen LogP contribution in [-0.2, 0) is 0 Å². The van der Waals surface area contributed by atoms with Crippen molar-refractivity contribution in [1.82, 2.24) is 0 Å². The first-order chi connectivity index (χ1) is 9.68. The molecule has 1 rings (SSSR count). The number of hydrogen-bond donors (Lipinski definition) is 0. The Kier molecular flexibility index (Phi) is 6.48. The third-order valence-corrected chi connectivity index (χ3v) is 4.63. The van der Waals surface area contributed by atoms with Crippen LogP contribution in [0.1, 0.15) is 66.7 Å². The van der Waals surface area contributed by atoms with Gasteiger partial charge in [-0.25, -0.2) is 0 Å². The molecule has 122 valence electrons. The Balaban J connectivity index is 3.19. The van der Waals surface area contributed by atoms with Gasteiger partial charge in [0.2, 0.25) is 0 Å². The monoisotopic (exact) mass is 303 g/mol. The lowest BCUT2D eigenvalue weighted by Crippen LogP contribution is -2.31. The van der Waals surface area contributed by atoms with Crippen molar-refractivity contribution >= 4 is 5.71 Å². The van der Waals surface area contributed by atoms with Gasteiger partial charge in [-0.1, -0.05) is 33.6 Å². The van der Waals surface area contributed by atoms with Gasteiger partial charge in [0.25, 0.3) is 0 Å². The summed E-state index contributed by atoms with van der Waals surface area (Å²) < 4.78 is 40.6. The topological polar surface area (TPSA) is 12.4 Å². The summed E-state index contributed by atoms with van der Waals surface area (Å²) in [5.74, 6) is -1.32. The van der Waals surface area contributed by atoms with Gasteiger partial charge in [-0.15, -0.1) is 0 Å². The maximum atomic E-state index is 13.5. The van der Waals surface area contributed by atoms with E-state index in [9.17, 15) is 13.2 Å². The zero-order valence-corrected chi connectivity index (χ0v) is 13.8. The summed E-state index contributed by atoms with van der Waals surface area (Å²) in [6, 6.07) is 0. The summed E-state index contributed by atoms with van der Waals surface area (Å²) in [6.45, 7) is 9.44. The van der Waals surface area contributed by atoms with E-state index in [0.29, 0.717) is 30.5 Å². The first-order valence-electron chi connectivity index (χ1n) is 8.00. The molecule has 0 aromatic heterocycles. The van der Waals surface area contributed by atoms with Crippen molar-refractivity contribution in [3.63, 3.8) is 0 Å². The Morgan fingerprint density at radius 2 is 1.67 bits per heavy atom. The Morgan fingerprint density at radius 3 is 2.05 bits per heavy atom. The highest BCUT2D eigenvalue weighted by Crippen LogP contribution is 2.45. The second kappa shape index (κ2) is 7.46. The maximum absolute atomic E-state index is 13.5. The van der Waals surface area contributed by atoms with Crippen LogP contribution in [0.5, 0.6) is 0 Å². The van der Waals surface area contributed by atoms with Gasteiger partial charge >= 0.3 is 6.18 Å². The van der Waals surface area contributed by atoms with Gasteiger partial charge in [-0.3, -0.25) is 4.99 Å². The first-order valence-corrected chi connectivity index (χ1v) is 8.00. The minimum Gasteiger partial charge on any atom is -0.262 e. The summed E-state index contributed by atoms with van der Waals surface area (Å²) in [4.78, 5) is 4.50. The van der Waals surface area contributed by atoms with E-state index in [1.165, 1.54) is 0 Å². The average molecular weight is 303 g/mol. The van der Waals surface area contributed by atoms with Gasteiger partial charge in [-0.05, 0) is 50.5 Å². The summed E-state index contributed by atoms with van der Waals surface area (Å²) in [6.07, 6.45) is -0.409. The molecule has 0 N–H and O–H groups in total. The molecule has 1 aliphatic carbocycles. The van der Waals surface area contributed by atoms with Crippen LogP contribution in [0.3, 0.4) is 0 Å². The van der Waals surface area contributed by atoms with Crippen molar-refractivity contribution in [2.24, 2.45) is 22.7 Å². The molecule has 1 nitrogen and oxygen atoms in total. The highest BCUT2D eigenvalue weighted by molar-refractivity contribution is 5.84. The molecule has 1 unspecified atom stereocenters. The zero-order valence-electron chi connectivity index (χ0n) is 13.8. The summed E-state index contributed by atoms with van der Waals surface area (Å²) in [7, 11) is 0. The van der Waals surface area contributed by atoms with Gasteiger partial charge in [0.15, 0.2) is 0 Å². The lowest BCUT2D eigenvalue weighted by atomic mass is 9.83. The Morgan fingerprint density at radius 1 is 1.14 bits per heavy atom. The normalized spacial score (nSPS) is 20.9. The fourth-order valence-electron chi connectivity index (χ4n) is 3.12. The molecular formula is C17H28F3N. The molecule has 0 amide bonds. The smallest absolute Gasteiger partial charge is 0.262 e. The van der Waals surface area contributed by atoms with Crippen molar-refractivity contribution in [3.8, 4) is 0 Å². The molecule has 0 spiro atoms. The summed E-state index contributed by atoms with van der Waals surface area (Å²) in [5.41, 5.74) is 1.95. The predicted molar refractivity (Wildman–Crippen MR) is 82.4 cm³/mol. The molecule has 0 aromatic rings. The predicted octanol–water partition coefficient (Wildman–Crippen LogP) is 6.16. The molecule has 0 bridgehead atoms. The minimum atomic E-state index is -4.17. The number of alkyl halides is 3. The van der Waals surface area contributed by atoms with Crippen LogP contribution in [0.25, 0.3) is 0 Å². The molecular weight excluding hydrogens is 275 g/mol. The van der Waals surface area contributed by atoms with Gasteiger partial charge < -0.3 is 0 Å². The van der Waals surface area contributed by atoms with Crippen LogP contribution in [0.4, 0.5) is 13.2 Å². The van der Waals surface area contributed by atoms with E-state index in [1.807, 2.05) is 27.7 Å². The molecule has 0 saturated heterocycles. The molecule has 0 aromatic carbocycles. The molecule has 21 heavy (non-hydrogen) atoms. The SMILES string of the molecule is CC/C(N=C(C)C(C)C)=C(\C)C(C1CCCC1)C(F)(F)F. The van der Waals surface area contributed by atoms with Crippen molar-refractivity contribution in [1.29, 1.82) is 0 Å². The van der Waals surface area contributed by atoms with Crippen LogP contribution < -0.4 is 0 Å². The van der Waals surface area contributed by atoms with Gasteiger partial charge in [-0.2, -0.15) is 13.2 Å². The third kappa shape index (κ3) is 4.86. The van der Waals surface area contributed by atoms with Crippen LogP contribution in [0.2, 0.25) is 0 Å². The largest absolute Gasteiger partial charge is 0.395 e. The highest BCUT2D eigenvalue weighted by Gasteiger charge is 2.46. The van der Waals surface area contributed by atoms with Crippen LogP contribution >= 0.6 is 0 Å². The minimum absolute atomic E-state index is 0.259.